The molecule has 1 aromatic heterocycles. The number of unbranched alkanes of at least 4 members (excludes halogenated alkanes) is 2. The molecule has 0 saturated carbocycles. The molecule has 0 aromatic carbocycles. The Bertz CT molecular complexity index is 471. The number of hydrogen-bond donors (Lipinski definition) is 2. The Balaban J connectivity index is 0.00000242. The van der Waals surface area contributed by atoms with Crippen LogP contribution in [-0.4, -0.2) is 33.8 Å². The predicted molar refractivity (Wildman–Crippen MR) is 101 cm³/mol. The molecule has 7 heteroatoms. The van der Waals surface area contributed by atoms with Gasteiger partial charge in [-0.2, -0.15) is 0 Å². The second-order valence-corrected chi connectivity index (χ2v) is 5.75. The van der Waals surface area contributed by atoms with Gasteiger partial charge in [0.15, 0.2) is 11.8 Å². The highest BCUT2D eigenvalue weighted by Crippen LogP contribution is 2.13. The van der Waals surface area contributed by atoms with Gasteiger partial charge in [-0.05, 0) is 19.8 Å². The summed E-state index contributed by atoms with van der Waals surface area (Å²) in [7, 11) is 1.81. The molecule has 2 N–H and O–H groups in total. The molecule has 0 radical (unpaired) electrons. The SMILES string of the molecule is CCCCCC(C)NC(=NC)NCc1nnc2n1CCC2.I. The van der Waals surface area contributed by atoms with E-state index in [1.54, 1.807) is 0 Å². The minimum Gasteiger partial charge on any atom is -0.354 e. The first kappa shape index (κ1) is 19.2. The molecule has 22 heavy (non-hydrogen) atoms. The maximum absolute atomic E-state index is 4.29. The van der Waals surface area contributed by atoms with Crippen molar-refractivity contribution in [1.29, 1.82) is 0 Å². The fourth-order valence-corrected chi connectivity index (χ4v) is 2.71. The zero-order valence-electron chi connectivity index (χ0n) is 13.9. The number of guanidine groups is 1. The van der Waals surface area contributed by atoms with Gasteiger partial charge in [0.1, 0.15) is 5.82 Å². The highest BCUT2D eigenvalue weighted by Gasteiger charge is 2.17. The smallest absolute Gasteiger partial charge is 0.191 e. The first-order chi connectivity index (χ1) is 10.2. The zero-order valence-corrected chi connectivity index (χ0v) is 16.3. The summed E-state index contributed by atoms with van der Waals surface area (Å²) in [5.74, 6) is 2.96. The van der Waals surface area contributed by atoms with Crippen LogP contribution in [0.4, 0.5) is 0 Å². The number of aryl methyl sites for hydroxylation is 1. The highest BCUT2D eigenvalue weighted by atomic mass is 127. The number of aliphatic imine (C=N–C) groups is 1. The highest BCUT2D eigenvalue weighted by molar-refractivity contribution is 14.0. The molecule has 126 valence electrons. The summed E-state index contributed by atoms with van der Waals surface area (Å²) in [6.07, 6.45) is 7.23. The van der Waals surface area contributed by atoms with Gasteiger partial charge in [0, 0.05) is 26.1 Å². The van der Waals surface area contributed by atoms with E-state index in [-0.39, 0.29) is 24.0 Å². The molecule has 0 fully saturated rings. The van der Waals surface area contributed by atoms with Crippen molar-refractivity contribution in [1.82, 2.24) is 25.4 Å². The second-order valence-electron chi connectivity index (χ2n) is 5.75. The minimum atomic E-state index is 0. The average molecular weight is 420 g/mol. The van der Waals surface area contributed by atoms with Crippen molar-refractivity contribution in [3.63, 3.8) is 0 Å². The Morgan fingerprint density at radius 3 is 2.91 bits per heavy atom. The van der Waals surface area contributed by atoms with Crippen LogP contribution in [0, 0.1) is 0 Å². The van der Waals surface area contributed by atoms with Gasteiger partial charge in [-0.15, -0.1) is 34.2 Å². The molecule has 1 unspecified atom stereocenters. The molecule has 6 nitrogen and oxygen atoms in total. The van der Waals surface area contributed by atoms with Gasteiger partial charge in [0.05, 0.1) is 6.54 Å². The van der Waals surface area contributed by atoms with Gasteiger partial charge in [-0.1, -0.05) is 26.2 Å². The van der Waals surface area contributed by atoms with Crippen LogP contribution in [0.5, 0.6) is 0 Å². The van der Waals surface area contributed by atoms with Crippen molar-refractivity contribution >= 4 is 29.9 Å². The molecular weight excluding hydrogens is 391 g/mol. The number of hydrogen-bond acceptors (Lipinski definition) is 3. The predicted octanol–water partition coefficient (Wildman–Crippen LogP) is 2.48. The Kier molecular flexibility index (Phi) is 8.74. The van der Waals surface area contributed by atoms with E-state index in [1.165, 1.54) is 32.1 Å². The lowest BCUT2D eigenvalue weighted by Gasteiger charge is -2.17. The van der Waals surface area contributed by atoms with Crippen LogP contribution in [0.2, 0.25) is 0 Å². The van der Waals surface area contributed by atoms with E-state index < -0.39 is 0 Å². The fourth-order valence-electron chi connectivity index (χ4n) is 2.71. The first-order valence-corrected chi connectivity index (χ1v) is 8.12. The van der Waals surface area contributed by atoms with Crippen molar-refractivity contribution in [2.24, 2.45) is 4.99 Å². The zero-order chi connectivity index (χ0) is 15.1. The molecule has 1 atom stereocenters. The van der Waals surface area contributed by atoms with Gasteiger partial charge in [-0.25, -0.2) is 0 Å². The summed E-state index contributed by atoms with van der Waals surface area (Å²) >= 11 is 0. The van der Waals surface area contributed by atoms with Crippen molar-refractivity contribution in [2.75, 3.05) is 7.05 Å². The van der Waals surface area contributed by atoms with Crippen LogP contribution in [0.25, 0.3) is 0 Å². The van der Waals surface area contributed by atoms with Crippen LogP contribution >= 0.6 is 24.0 Å². The number of fused-ring (bicyclic) bond motifs is 1. The topological polar surface area (TPSA) is 67.1 Å². The van der Waals surface area contributed by atoms with Crippen LogP contribution in [0.3, 0.4) is 0 Å². The summed E-state index contributed by atoms with van der Waals surface area (Å²) in [6, 6.07) is 0.437. The molecule has 2 heterocycles. The Morgan fingerprint density at radius 2 is 2.18 bits per heavy atom. The van der Waals surface area contributed by atoms with Crippen LogP contribution < -0.4 is 10.6 Å². The number of nitrogens with one attached hydrogen (secondary N) is 2. The molecule has 0 spiro atoms. The Labute approximate surface area is 150 Å². The fraction of sp³-hybridized carbons (Fsp3) is 0.800. The average Bonchev–Trinajstić information content (AvgIpc) is 3.07. The van der Waals surface area contributed by atoms with Gasteiger partial charge in [0.2, 0.25) is 0 Å². The molecule has 1 aromatic rings. The van der Waals surface area contributed by atoms with Crippen molar-refractivity contribution in [2.45, 2.75) is 71.5 Å². The summed E-state index contributed by atoms with van der Waals surface area (Å²) in [4.78, 5) is 4.29. The van der Waals surface area contributed by atoms with Crippen molar-refractivity contribution in [3.05, 3.63) is 11.6 Å². The summed E-state index contributed by atoms with van der Waals surface area (Å²) in [5.41, 5.74) is 0. The Hall–Kier alpha value is -0.860. The maximum Gasteiger partial charge on any atom is 0.191 e. The normalized spacial score (nSPS) is 15.1. The number of rotatable bonds is 7. The van der Waals surface area contributed by atoms with Crippen LogP contribution in [-0.2, 0) is 19.5 Å². The van der Waals surface area contributed by atoms with E-state index in [0.29, 0.717) is 12.6 Å². The van der Waals surface area contributed by atoms with Crippen LogP contribution in [0.15, 0.2) is 4.99 Å². The van der Waals surface area contributed by atoms with Crippen LogP contribution in [0.1, 0.15) is 57.6 Å². The number of aromatic nitrogens is 3. The lowest BCUT2D eigenvalue weighted by molar-refractivity contribution is 0.545. The molecule has 2 rings (SSSR count). The number of nitrogens with zero attached hydrogens (tertiary/aromatic N) is 4. The lowest BCUT2D eigenvalue weighted by Crippen LogP contribution is -2.42. The van der Waals surface area contributed by atoms with Crippen molar-refractivity contribution < 1.29 is 0 Å². The molecule has 0 saturated heterocycles. The monoisotopic (exact) mass is 420 g/mol. The molecule has 0 bridgehead atoms. The van der Waals surface area contributed by atoms with E-state index in [1.807, 2.05) is 7.05 Å². The van der Waals surface area contributed by atoms with E-state index in [9.17, 15) is 0 Å². The number of halogens is 1. The molecule has 1 aliphatic heterocycles. The van der Waals surface area contributed by atoms with Gasteiger partial charge >= 0.3 is 0 Å². The molecule has 0 aliphatic carbocycles. The Morgan fingerprint density at radius 1 is 1.36 bits per heavy atom. The molecule has 0 amide bonds. The quantitative estimate of drug-likeness (QED) is 0.308. The van der Waals surface area contributed by atoms with E-state index in [0.717, 1.165) is 30.6 Å². The van der Waals surface area contributed by atoms with Gasteiger partial charge in [0.25, 0.3) is 0 Å². The molecule has 1 aliphatic rings. The van der Waals surface area contributed by atoms with Gasteiger partial charge < -0.3 is 15.2 Å². The van der Waals surface area contributed by atoms with Crippen molar-refractivity contribution in [3.8, 4) is 0 Å². The summed E-state index contributed by atoms with van der Waals surface area (Å²) in [6.45, 7) is 6.15. The third-order valence-electron chi connectivity index (χ3n) is 3.95. The summed E-state index contributed by atoms with van der Waals surface area (Å²) < 4.78 is 2.21. The first-order valence-electron chi connectivity index (χ1n) is 8.12. The third-order valence-corrected chi connectivity index (χ3v) is 3.95. The minimum absolute atomic E-state index is 0. The van der Waals surface area contributed by atoms with E-state index in [2.05, 4.69) is 44.2 Å². The van der Waals surface area contributed by atoms with E-state index >= 15 is 0 Å². The third kappa shape index (κ3) is 5.40. The lowest BCUT2D eigenvalue weighted by atomic mass is 10.1. The second kappa shape index (κ2) is 10.0. The standard InChI is InChI=1S/C15H28N6.HI/c1-4-5-6-8-12(2)18-15(16-3)17-11-14-20-19-13-9-7-10-21(13)14;/h12H,4-11H2,1-3H3,(H2,16,17,18);1H. The summed E-state index contributed by atoms with van der Waals surface area (Å²) in [5, 5.41) is 15.3. The molecular formula is C15H29IN6. The largest absolute Gasteiger partial charge is 0.354 e. The maximum atomic E-state index is 4.29. The van der Waals surface area contributed by atoms with Gasteiger partial charge in [-0.3, -0.25) is 4.99 Å². The van der Waals surface area contributed by atoms with E-state index in [4.69, 9.17) is 0 Å².